The predicted octanol–water partition coefficient (Wildman–Crippen LogP) is 4.41. The van der Waals surface area contributed by atoms with Gasteiger partial charge in [0.1, 0.15) is 0 Å². The van der Waals surface area contributed by atoms with Crippen LogP contribution in [0.4, 0.5) is 0 Å². The highest BCUT2D eigenvalue weighted by molar-refractivity contribution is 14.1. The first-order valence-corrected chi connectivity index (χ1v) is 6.84. The third-order valence-electron chi connectivity index (χ3n) is 4.05. The summed E-state index contributed by atoms with van der Waals surface area (Å²) in [6, 6.07) is 6.72. The van der Waals surface area contributed by atoms with Crippen molar-refractivity contribution in [3.05, 3.63) is 57.2 Å². The van der Waals surface area contributed by atoms with Gasteiger partial charge in [-0.25, -0.2) is 0 Å². The second kappa shape index (κ2) is 3.46. The Balaban J connectivity index is 2.28. The molecular formula is C15H15I. The molecule has 0 fully saturated rings. The molecule has 1 aromatic carbocycles. The minimum absolute atomic E-state index is 0.266. The van der Waals surface area contributed by atoms with Crippen LogP contribution in [0.25, 0.3) is 0 Å². The predicted molar refractivity (Wildman–Crippen MR) is 76.7 cm³/mol. The molecule has 0 amide bonds. The Labute approximate surface area is 111 Å². The summed E-state index contributed by atoms with van der Waals surface area (Å²) in [6.07, 6.45) is 9.12. The van der Waals surface area contributed by atoms with Gasteiger partial charge in [-0.1, -0.05) is 50.3 Å². The first-order chi connectivity index (χ1) is 7.62. The first kappa shape index (κ1) is 10.6. The van der Waals surface area contributed by atoms with Crippen molar-refractivity contribution in [3.63, 3.8) is 0 Å². The molecule has 0 saturated carbocycles. The molecule has 0 aliphatic heterocycles. The number of halogens is 1. The van der Waals surface area contributed by atoms with Crippen LogP contribution in [0.2, 0.25) is 0 Å². The lowest BCUT2D eigenvalue weighted by atomic mass is 9.74. The van der Waals surface area contributed by atoms with Crippen molar-refractivity contribution >= 4 is 22.6 Å². The Morgan fingerprint density at radius 1 is 1.12 bits per heavy atom. The molecule has 82 valence electrons. The SMILES string of the molecule is CC1(C)c2cccc(I)c2C2C=CC=CC21. The summed E-state index contributed by atoms with van der Waals surface area (Å²) >= 11 is 2.47. The maximum atomic E-state index is 2.47. The Hall–Kier alpha value is -0.570. The van der Waals surface area contributed by atoms with Crippen molar-refractivity contribution in [1.29, 1.82) is 0 Å². The molecule has 0 saturated heterocycles. The van der Waals surface area contributed by atoms with Crippen molar-refractivity contribution < 1.29 is 0 Å². The summed E-state index contributed by atoms with van der Waals surface area (Å²) < 4.78 is 1.41. The summed E-state index contributed by atoms with van der Waals surface area (Å²) in [6.45, 7) is 4.74. The molecule has 2 unspecified atom stereocenters. The van der Waals surface area contributed by atoms with E-state index in [1.165, 1.54) is 9.13 Å². The molecule has 2 atom stereocenters. The maximum Gasteiger partial charge on any atom is 0.0171 e. The molecule has 0 radical (unpaired) electrons. The zero-order valence-electron chi connectivity index (χ0n) is 9.57. The number of benzene rings is 1. The number of rotatable bonds is 0. The molecule has 1 heteroatoms. The minimum Gasteiger partial charge on any atom is -0.0796 e. The molecule has 1 aromatic rings. The van der Waals surface area contributed by atoms with Crippen molar-refractivity contribution in [3.8, 4) is 0 Å². The van der Waals surface area contributed by atoms with Gasteiger partial charge in [0.2, 0.25) is 0 Å². The van der Waals surface area contributed by atoms with Gasteiger partial charge in [0.15, 0.2) is 0 Å². The number of hydrogen-bond acceptors (Lipinski definition) is 0. The largest absolute Gasteiger partial charge is 0.0796 e. The topological polar surface area (TPSA) is 0 Å². The molecule has 2 aliphatic rings. The van der Waals surface area contributed by atoms with Gasteiger partial charge in [0, 0.05) is 9.49 Å². The fourth-order valence-electron chi connectivity index (χ4n) is 3.19. The zero-order chi connectivity index (χ0) is 11.3. The van der Waals surface area contributed by atoms with Gasteiger partial charge in [-0.15, -0.1) is 0 Å². The highest BCUT2D eigenvalue weighted by atomic mass is 127. The van der Waals surface area contributed by atoms with Crippen LogP contribution in [0, 0.1) is 9.49 Å². The van der Waals surface area contributed by atoms with E-state index in [1.807, 2.05) is 0 Å². The smallest absolute Gasteiger partial charge is 0.0171 e. The maximum absolute atomic E-state index is 2.47. The Morgan fingerprint density at radius 2 is 1.88 bits per heavy atom. The van der Waals surface area contributed by atoms with E-state index in [1.54, 1.807) is 5.56 Å². The Kier molecular flexibility index (Phi) is 2.29. The molecule has 0 bridgehead atoms. The van der Waals surface area contributed by atoms with Crippen LogP contribution in [0.1, 0.15) is 30.9 Å². The normalized spacial score (nSPS) is 28.9. The van der Waals surface area contributed by atoms with Gasteiger partial charge in [-0.2, -0.15) is 0 Å². The molecule has 2 aliphatic carbocycles. The van der Waals surface area contributed by atoms with Crippen LogP contribution in [0.15, 0.2) is 42.5 Å². The molecular weight excluding hydrogens is 307 g/mol. The van der Waals surface area contributed by atoms with Gasteiger partial charge >= 0.3 is 0 Å². The van der Waals surface area contributed by atoms with E-state index in [2.05, 4.69) is 78.9 Å². The second-order valence-electron chi connectivity index (χ2n) is 5.24. The lowest BCUT2D eigenvalue weighted by Gasteiger charge is -2.29. The fraction of sp³-hybridized carbons (Fsp3) is 0.333. The second-order valence-corrected chi connectivity index (χ2v) is 6.41. The highest BCUT2D eigenvalue weighted by Crippen LogP contribution is 2.53. The lowest BCUT2D eigenvalue weighted by Crippen LogP contribution is -2.24. The quantitative estimate of drug-likeness (QED) is 0.621. The summed E-state index contributed by atoms with van der Waals surface area (Å²) in [5.41, 5.74) is 3.35. The standard InChI is InChI=1S/C15H15I/c1-15(2)11-7-4-3-6-10(11)14-12(15)8-5-9-13(14)16/h3-11H,1-2H3. The van der Waals surface area contributed by atoms with Crippen LogP contribution in [0.3, 0.4) is 0 Å². The van der Waals surface area contributed by atoms with Crippen LogP contribution in [-0.4, -0.2) is 0 Å². The average Bonchev–Trinajstić information content (AvgIpc) is 2.51. The van der Waals surface area contributed by atoms with Gasteiger partial charge < -0.3 is 0 Å². The van der Waals surface area contributed by atoms with Gasteiger partial charge in [0.25, 0.3) is 0 Å². The first-order valence-electron chi connectivity index (χ1n) is 5.76. The third kappa shape index (κ3) is 1.27. The number of allylic oxidation sites excluding steroid dienone is 4. The Morgan fingerprint density at radius 3 is 2.69 bits per heavy atom. The third-order valence-corrected chi connectivity index (χ3v) is 4.99. The van der Waals surface area contributed by atoms with E-state index < -0.39 is 0 Å². The van der Waals surface area contributed by atoms with Gasteiger partial charge in [-0.3, -0.25) is 0 Å². The molecule has 0 aromatic heterocycles. The molecule has 3 rings (SSSR count). The monoisotopic (exact) mass is 322 g/mol. The van der Waals surface area contributed by atoms with E-state index in [-0.39, 0.29) is 5.41 Å². The van der Waals surface area contributed by atoms with E-state index >= 15 is 0 Å². The van der Waals surface area contributed by atoms with E-state index in [9.17, 15) is 0 Å². The van der Waals surface area contributed by atoms with Crippen LogP contribution >= 0.6 is 22.6 Å². The molecule has 0 nitrogen and oxygen atoms in total. The van der Waals surface area contributed by atoms with Crippen molar-refractivity contribution in [2.24, 2.45) is 5.92 Å². The summed E-state index contributed by atoms with van der Waals surface area (Å²) in [4.78, 5) is 0. The lowest BCUT2D eigenvalue weighted by molar-refractivity contribution is 0.394. The minimum atomic E-state index is 0.266. The highest BCUT2D eigenvalue weighted by Gasteiger charge is 2.44. The average molecular weight is 322 g/mol. The summed E-state index contributed by atoms with van der Waals surface area (Å²) in [7, 11) is 0. The van der Waals surface area contributed by atoms with Crippen LogP contribution in [0.5, 0.6) is 0 Å². The van der Waals surface area contributed by atoms with E-state index in [0.29, 0.717) is 11.8 Å². The molecule has 0 heterocycles. The van der Waals surface area contributed by atoms with Crippen LogP contribution < -0.4 is 0 Å². The van der Waals surface area contributed by atoms with E-state index in [0.717, 1.165) is 0 Å². The number of fused-ring (bicyclic) bond motifs is 3. The van der Waals surface area contributed by atoms with Crippen molar-refractivity contribution in [2.45, 2.75) is 25.2 Å². The molecule has 0 N–H and O–H groups in total. The van der Waals surface area contributed by atoms with Crippen molar-refractivity contribution in [2.75, 3.05) is 0 Å². The zero-order valence-corrected chi connectivity index (χ0v) is 11.7. The van der Waals surface area contributed by atoms with Crippen LogP contribution in [-0.2, 0) is 5.41 Å². The Bertz CT molecular complexity index is 494. The molecule has 16 heavy (non-hydrogen) atoms. The number of hydrogen-bond donors (Lipinski definition) is 0. The van der Waals surface area contributed by atoms with E-state index in [4.69, 9.17) is 0 Å². The fourth-order valence-corrected chi connectivity index (χ4v) is 4.05. The summed E-state index contributed by atoms with van der Waals surface area (Å²) in [5.74, 6) is 1.21. The summed E-state index contributed by atoms with van der Waals surface area (Å²) in [5, 5.41) is 0. The molecule has 0 spiro atoms. The van der Waals surface area contributed by atoms with Gasteiger partial charge in [-0.05, 0) is 51.1 Å². The van der Waals surface area contributed by atoms with Gasteiger partial charge in [0.05, 0.1) is 0 Å². The van der Waals surface area contributed by atoms with Crippen molar-refractivity contribution in [1.82, 2.24) is 0 Å².